The van der Waals surface area contributed by atoms with Crippen LogP contribution in [0.15, 0.2) is 67.0 Å². The number of aromatic nitrogens is 3. The van der Waals surface area contributed by atoms with E-state index in [1.807, 2.05) is 56.3 Å². The minimum absolute atomic E-state index is 0.322. The summed E-state index contributed by atoms with van der Waals surface area (Å²) in [6, 6.07) is 17.1. The molecule has 0 saturated heterocycles. The first-order chi connectivity index (χ1) is 14.7. The van der Waals surface area contributed by atoms with Gasteiger partial charge < -0.3 is 14.8 Å². The summed E-state index contributed by atoms with van der Waals surface area (Å²) in [5.74, 6) is 0.904. The van der Waals surface area contributed by atoms with Crippen molar-refractivity contribution in [2.75, 3.05) is 18.5 Å². The molecule has 4 aromatic rings. The fourth-order valence-corrected chi connectivity index (χ4v) is 3.21. The second-order valence-electron chi connectivity index (χ2n) is 6.47. The Balaban J connectivity index is 1.69. The summed E-state index contributed by atoms with van der Waals surface area (Å²) in [5.41, 5.74) is 3.23. The first-order valence-corrected chi connectivity index (χ1v) is 9.80. The van der Waals surface area contributed by atoms with Gasteiger partial charge in [0.15, 0.2) is 5.65 Å². The fourth-order valence-electron chi connectivity index (χ4n) is 3.21. The van der Waals surface area contributed by atoms with Crippen molar-refractivity contribution in [3.05, 3.63) is 72.6 Å². The van der Waals surface area contributed by atoms with Gasteiger partial charge in [0.25, 0.3) is 5.91 Å². The first kappa shape index (κ1) is 19.4. The van der Waals surface area contributed by atoms with Gasteiger partial charge in [0.05, 0.1) is 30.8 Å². The van der Waals surface area contributed by atoms with E-state index in [0.29, 0.717) is 41.6 Å². The Kier molecular flexibility index (Phi) is 5.61. The molecule has 0 bridgehead atoms. The molecule has 30 heavy (non-hydrogen) atoms. The molecule has 0 fully saturated rings. The van der Waals surface area contributed by atoms with E-state index in [1.54, 1.807) is 22.8 Å². The van der Waals surface area contributed by atoms with Gasteiger partial charge in [-0.3, -0.25) is 4.79 Å². The molecule has 1 amide bonds. The molecule has 0 aliphatic rings. The highest BCUT2D eigenvalue weighted by Crippen LogP contribution is 2.30. The maximum absolute atomic E-state index is 13.1. The lowest BCUT2D eigenvalue weighted by molar-refractivity contribution is 0.102. The van der Waals surface area contributed by atoms with Crippen molar-refractivity contribution >= 4 is 17.2 Å². The molecule has 0 spiro atoms. The topological polar surface area (TPSA) is 77.8 Å². The van der Waals surface area contributed by atoms with Crippen molar-refractivity contribution in [1.82, 2.24) is 14.6 Å². The zero-order valence-electron chi connectivity index (χ0n) is 16.8. The Labute approximate surface area is 174 Å². The Morgan fingerprint density at radius 1 is 1.03 bits per heavy atom. The number of nitrogens with one attached hydrogen (secondary N) is 1. The maximum Gasteiger partial charge on any atom is 0.261 e. The van der Waals surface area contributed by atoms with E-state index in [0.717, 1.165) is 11.3 Å². The van der Waals surface area contributed by atoms with Crippen molar-refractivity contribution < 1.29 is 14.3 Å². The number of benzene rings is 2. The van der Waals surface area contributed by atoms with Crippen LogP contribution in [0.4, 0.5) is 5.69 Å². The molecule has 4 rings (SSSR count). The normalized spacial score (nSPS) is 10.7. The van der Waals surface area contributed by atoms with Crippen molar-refractivity contribution in [3.8, 4) is 22.8 Å². The maximum atomic E-state index is 13.1. The summed E-state index contributed by atoms with van der Waals surface area (Å²) in [5, 5.41) is 7.31. The largest absolute Gasteiger partial charge is 0.494 e. The van der Waals surface area contributed by atoms with Crippen molar-refractivity contribution in [2.24, 2.45) is 0 Å². The Morgan fingerprint density at radius 3 is 2.60 bits per heavy atom. The molecule has 152 valence electrons. The highest BCUT2D eigenvalue weighted by molar-refractivity contribution is 6.09. The molecule has 0 unspecified atom stereocenters. The third kappa shape index (κ3) is 3.82. The monoisotopic (exact) mass is 402 g/mol. The van der Waals surface area contributed by atoms with Gasteiger partial charge in [-0.05, 0) is 32.0 Å². The van der Waals surface area contributed by atoms with Crippen LogP contribution in [0.25, 0.3) is 16.9 Å². The number of hydrogen-bond donors (Lipinski definition) is 1. The number of amides is 1. The predicted octanol–water partition coefficient (Wildman–Crippen LogP) is 4.45. The highest BCUT2D eigenvalue weighted by atomic mass is 16.5. The number of hydrogen-bond acceptors (Lipinski definition) is 5. The molecule has 0 saturated carbocycles. The van der Waals surface area contributed by atoms with Gasteiger partial charge in [0.1, 0.15) is 17.1 Å². The predicted molar refractivity (Wildman–Crippen MR) is 115 cm³/mol. The van der Waals surface area contributed by atoms with Crippen LogP contribution in [0.2, 0.25) is 0 Å². The van der Waals surface area contributed by atoms with Gasteiger partial charge in [-0.15, -0.1) is 0 Å². The van der Waals surface area contributed by atoms with Crippen LogP contribution in [-0.4, -0.2) is 33.7 Å². The molecular weight excluding hydrogens is 380 g/mol. The van der Waals surface area contributed by atoms with Gasteiger partial charge >= 0.3 is 0 Å². The van der Waals surface area contributed by atoms with E-state index < -0.39 is 0 Å². The lowest BCUT2D eigenvalue weighted by Gasteiger charge is -2.13. The number of fused-ring (bicyclic) bond motifs is 1. The van der Waals surface area contributed by atoms with Crippen molar-refractivity contribution in [3.63, 3.8) is 0 Å². The molecule has 0 radical (unpaired) electrons. The average molecular weight is 402 g/mol. The number of ether oxygens (including phenoxy) is 2. The summed E-state index contributed by atoms with van der Waals surface area (Å²) >= 11 is 0. The Morgan fingerprint density at radius 2 is 1.83 bits per heavy atom. The Bertz CT molecular complexity index is 1170. The van der Waals surface area contributed by atoms with Crippen molar-refractivity contribution in [1.29, 1.82) is 0 Å². The number of nitrogens with zero attached hydrogens (tertiary/aromatic N) is 3. The molecule has 2 heterocycles. The number of carbonyl (C=O) groups is 1. The average Bonchev–Trinajstić information content (AvgIpc) is 3.21. The van der Waals surface area contributed by atoms with Gasteiger partial charge in [-0.25, -0.2) is 9.50 Å². The standard InChI is InChI=1S/C23H22N4O3/c1-3-29-17-10-11-21(30-4-2)19(14-17)26-23(28)18-15-25-27-20(12-13-24-22(18)27)16-8-6-5-7-9-16/h5-15H,3-4H2,1-2H3,(H,26,28). The zero-order chi connectivity index (χ0) is 20.9. The summed E-state index contributed by atoms with van der Waals surface area (Å²) in [7, 11) is 0. The molecule has 1 N–H and O–H groups in total. The van der Waals surface area contributed by atoms with Gasteiger partial charge in [-0.2, -0.15) is 5.10 Å². The lowest BCUT2D eigenvalue weighted by Crippen LogP contribution is -2.13. The van der Waals surface area contributed by atoms with E-state index in [-0.39, 0.29) is 5.91 Å². The van der Waals surface area contributed by atoms with Gasteiger partial charge in [0.2, 0.25) is 0 Å². The van der Waals surface area contributed by atoms with E-state index >= 15 is 0 Å². The van der Waals surface area contributed by atoms with Crippen molar-refractivity contribution in [2.45, 2.75) is 13.8 Å². The lowest BCUT2D eigenvalue weighted by atomic mass is 10.1. The molecule has 2 aromatic heterocycles. The number of carbonyl (C=O) groups excluding carboxylic acids is 1. The molecule has 0 atom stereocenters. The summed E-state index contributed by atoms with van der Waals surface area (Å²) < 4.78 is 12.9. The smallest absolute Gasteiger partial charge is 0.261 e. The molecule has 7 heteroatoms. The Hall–Kier alpha value is -3.87. The van der Waals surface area contributed by atoms with Crippen LogP contribution in [0.3, 0.4) is 0 Å². The molecule has 0 aliphatic heterocycles. The van der Waals surface area contributed by atoms with Crippen LogP contribution >= 0.6 is 0 Å². The zero-order valence-corrected chi connectivity index (χ0v) is 16.8. The third-order valence-corrected chi connectivity index (χ3v) is 4.53. The highest BCUT2D eigenvalue weighted by Gasteiger charge is 2.18. The quantitative estimate of drug-likeness (QED) is 0.494. The molecule has 2 aromatic carbocycles. The van der Waals surface area contributed by atoms with Crippen LogP contribution in [-0.2, 0) is 0 Å². The van der Waals surface area contributed by atoms with E-state index in [4.69, 9.17) is 9.47 Å². The molecule has 0 aliphatic carbocycles. The van der Waals surface area contributed by atoms with Crippen LogP contribution < -0.4 is 14.8 Å². The summed E-state index contributed by atoms with van der Waals surface area (Å²) in [4.78, 5) is 17.4. The third-order valence-electron chi connectivity index (χ3n) is 4.53. The van der Waals surface area contributed by atoms with E-state index in [9.17, 15) is 4.79 Å². The minimum atomic E-state index is -0.322. The van der Waals surface area contributed by atoms with E-state index in [2.05, 4.69) is 15.4 Å². The molecular formula is C23H22N4O3. The van der Waals surface area contributed by atoms with Crippen LogP contribution in [0, 0.1) is 0 Å². The van der Waals surface area contributed by atoms with Gasteiger partial charge in [0, 0.05) is 17.8 Å². The van der Waals surface area contributed by atoms with Crippen LogP contribution in [0.1, 0.15) is 24.2 Å². The first-order valence-electron chi connectivity index (χ1n) is 9.80. The number of anilines is 1. The van der Waals surface area contributed by atoms with Crippen LogP contribution in [0.5, 0.6) is 11.5 Å². The van der Waals surface area contributed by atoms with Gasteiger partial charge in [-0.1, -0.05) is 30.3 Å². The SMILES string of the molecule is CCOc1ccc(OCC)c(NC(=O)c2cnn3c(-c4ccccc4)ccnc23)c1. The number of rotatable bonds is 7. The molecule has 7 nitrogen and oxygen atoms in total. The second-order valence-corrected chi connectivity index (χ2v) is 6.47. The minimum Gasteiger partial charge on any atom is -0.494 e. The summed E-state index contributed by atoms with van der Waals surface area (Å²) in [6.07, 6.45) is 3.20. The van der Waals surface area contributed by atoms with E-state index in [1.165, 1.54) is 6.20 Å². The fraction of sp³-hybridized carbons (Fsp3) is 0.174. The second kappa shape index (κ2) is 8.65. The summed E-state index contributed by atoms with van der Waals surface area (Å²) in [6.45, 7) is 4.81.